The zero-order chi connectivity index (χ0) is 16.9. The van der Waals surface area contributed by atoms with Gasteiger partial charge >= 0.3 is 0 Å². The standard InChI is InChI=1S/C18H15ClN2O2S/c1-23-15-8-4-13(5-9-15)17(22)21-18-20-11-16(24-18)10-12-2-6-14(19)7-3-12/h2-9,11H,10H2,1H3,(H,20,21,22). The Kier molecular flexibility index (Phi) is 5.13. The van der Waals surface area contributed by atoms with E-state index in [-0.39, 0.29) is 5.91 Å². The highest BCUT2D eigenvalue weighted by Gasteiger charge is 2.09. The van der Waals surface area contributed by atoms with E-state index in [1.54, 1.807) is 37.6 Å². The molecule has 0 aliphatic rings. The summed E-state index contributed by atoms with van der Waals surface area (Å²) in [6, 6.07) is 14.6. The van der Waals surface area contributed by atoms with Crippen LogP contribution in [0, 0.1) is 0 Å². The van der Waals surface area contributed by atoms with Crippen LogP contribution < -0.4 is 10.1 Å². The predicted octanol–water partition coefficient (Wildman–Crippen LogP) is 4.65. The van der Waals surface area contributed by atoms with E-state index in [1.165, 1.54) is 11.3 Å². The van der Waals surface area contributed by atoms with Gasteiger partial charge in [0.1, 0.15) is 5.75 Å². The van der Waals surface area contributed by atoms with Gasteiger partial charge in [0.2, 0.25) is 0 Å². The number of nitrogens with one attached hydrogen (secondary N) is 1. The van der Waals surface area contributed by atoms with Crippen LogP contribution in [-0.4, -0.2) is 18.0 Å². The van der Waals surface area contributed by atoms with Gasteiger partial charge in [0, 0.05) is 28.1 Å². The van der Waals surface area contributed by atoms with E-state index >= 15 is 0 Å². The summed E-state index contributed by atoms with van der Waals surface area (Å²) in [5.74, 6) is 0.524. The largest absolute Gasteiger partial charge is 0.497 e. The summed E-state index contributed by atoms with van der Waals surface area (Å²) in [5, 5.41) is 4.12. The summed E-state index contributed by atoms with van der Waals surface area (Å²) in [7, 11) is 1.59. The van der Waals surface area contributed by atoms with E-state index in [4.69, 9.17) is 16.3 Å². The number of ether oxygens (including phenoxy) is 1. The molecular weight excluding hydrogens is 344 g/mol. The van der Waals surface area contributed by atoms with Crippen LogP contribution in [0.1, 0.15) is 20.8 Å². The highest BCUT2D eigenvalue weighted by Crippen LogP contribution is 2.23. The first kappa shape index (κ1) is 16.5. The van der Waals surface area contributed by atoms with Crippen molar-refractivity contribution in [2.75, 3.05) is 12.4 Å². The molecule has 24 heavy (non-hydrogen) atoms. The minimum atomic E-state index is -0.190. The average molecular weight is 359 g/mol. The molecule has 0 spiro atoms. The van der Waals surface area contributed by atoms with Crippen molar-refractivity contribution in [3.05, 3.63) is 75.8 Å². The lowest BCUT2D eigenvalue weighted by molar-refractivity contribution is 0.102. The molecule has 0 saturated carbocycles. The zero-order valence-electron chi connectivity index (χ0n) is 13.0. The molecule has 1 amide bonds. The molecule has 0 saturated heterocycles. The molecule has 1 heterocycles. The third-order valence-electron chi connectivity index (χ3n) is 3.42. The van der Waals surface area contributed by atoms with Crippen LogP contribution in [0.15, 0.2) is 54.7 Å². The highest BCUT2D eigenvalue weighted by molar-refractivity contribution is 7.15. The number of benzene rings is 2. The molecule has 6 heteroatoms. The predicted molar refractivity (Wildman–Crippen MR) is 97.3 cm³/mol. The Labute approximate surface area is 149 Å². The number of thiazole rings is 1. The number of amides is 1. The van der Waals surface area contributed by atoms with E-state index in [0.29, 0.717) is 16.4 Å². The van der Waals surface area contributed by atoms with Gasteiger partial charge in [-0.05, 0) is 42.0 Å². The molecule has 3 rings (SSSR count). The van der Waals surface area contributed by atoms with E-state index in [1.807, 2.05) is 24.3 Å². The van der Waals surface area contributed by atoms with Crippen molar-refractivity contribution in [1.29, 1.82) is 0 Å². The van der Waals surface area contributed by atoms with E-state index < -0.39 is 0 Å². The van der Waals surface area contributed by atoms with Crippen molar-refractivity contribution in [3.8, 4) is 5.75 Å². The van der Waals surface area contributed by atoms with Gasteiger partial charge in [-0.1, -0.05) is 23.7 Å². The highest BCUT2D eigenvalue weighted by atomic mass is 35.5. The molecule has 1 aromatic heterocycles. The Balaban J connectivity index is 1.64. The van der Waals surface area contributed by atoms with Gasteiger partial charge in [0.15, 0.2) is 5.13 Å². The van der Waals surface area contributed by atoms with E-state index in [2.05, 4.69) is 10.3 Å². The second kappa shape index (κ2) is 7.47. The van der Waals surface area contributed by atoms with Gasteiger partial charge in [0.05, 0.1) is 7.11 Å². The average Bonchev–Trinajstić information content (AvgIpc) is 3.04. The normalized spacial score (nSPS) is 10.4. The Morgan fingerprint density at radius 2 is 1.88 bits per heavy atom. The number of carbonyl (C=O) groups is 1. The molecule has 1 N–H and O–H groups in total. The third-order valence-corrected chi connectivity index (χ3v) is 4.58. The van der Waals surface area contributed by atoms with Crippen molar-refractivity contribution in [2.45, 2.75) is 6.42 Å². The second-order valence-electron chi connectivity index (χ2n) is 5.12. The minimum Gasteiger partial charge on any atom is -0.497 e. The topological polar surface area (TPSA) is 51.2 Å². The number of nitrogens with zero attached hydrogens (tertiary/aromatic N) is 1. The fraction of sp³-hybridized carbons (Fsp3) is 0.111. The maximum Gasteiger partial charge on any atom is 0.257 e. The van der Waals surface area contributed by atoms with Gasteiger partial charge in [-0.25, -0.2) is 4.98 Å². The molecule has 0 aliphatic heterocycles. The lowest BCUT2D eigenvalue weighted by Gasteiger charge is -2.03. The lowest BCUT2D eigenvalue weighted by atomic mass is 10.1. The maximum absolute atomic E-state index is 12.2. The van der Waals surface area contributed by atoms with Crippen molar-refractivity contribution < 1.29 is 9.53 Å². The van der Waals surface area contributed by atoms with Gasteiger partial charge in [-0.3, -0.25) is 10.1 Å². The third kappa shape index (κ3) is 4.13. The summed E-state index contributed by atoms with van der Waals surface area (Å²) in [6.45, 7) is 0. The Morgan fingerprint density at radius 1 is 1.17 bits per heavy atom. The molecule has 0 radical (unpaired) electrons. The molecule has 122 valence electrons. The number of anilines is 1. The smallest absolute Gasteiger partial charge is 0.257 e. The monoisotopic (exact) mass is 358 g/mol. The first-order valence-electron chi connectivity index (χ1n) is 7.28. The van der Waals surface area contributed by atoms with Crippen LogP contribution in [0.4, 0.5) is 5.13 Å². The first-order valence-corrected chi connectivity index (χ1v) is 8.48. The van der Waals surface area contributed by atoms with Crippen LogP contribution in [0.3, 0.4) is 0 Å². The Hall–Kier alpha value is -2.37. The molecule has 0 fully saturated rings. The van der Waals surface area contributed by atoms with Crippen molar-refractivity contribution in [3.63, 3.8) is 0 Å². The molecule has 0 atom stereocenters. The summed E-state index contributed by atoms with van der Waals surface area (Å²) < 4.78 is 5.08. The van der Waals surface area contributed by atoms with Crippen LogP contribution >= 0.6 is 22.9 Å². The molecule has 3 aromatic rings. The Bertz CT molecular complexity index is 829. The number of rotatable bonds is 5. The van der Waals surface area contributed by atoms with Crippen LogP contribution in [-0.2, 0) is 6.42 Å². The molecule has 0 unspecified atom stereocenters. The summed E-state index contributed by atoms with van der Waals surface area (Å²) in [6.07, 6.45) is 2.54. The molecule has 0 aliphatic carbocycles. The fourth-order valence-corrected chi connectivity index (χ4v) is 3.13. The number of hydrogen-bond donors (Lipinski definition) is 1. The van der Waals surface area contributed by atoms with Crippen molar-refractivity contribution in [2.24, 2.45) is 0 Å². The van der Waals surface area contributed by atoms with Gasteiger partial charge < -0.3 is 4.74 Å². The summed E-state index contributed by atoms with van der Waals surface area (Å²) >= 11 is 7.35. The molecule has 2 aromatic carbocycles. The van der Waals surface area contributed by atoms with Crippen LogP contribution in [0.25, 0.3) is 0 Å². The van der Waals surface area contributed by atoms with Crippen LogP contribution in [0.2, 0.25) is 5.02 Å². The quantitative estimate of drug-likeness (QED) is 0.722. The number of methoxy groups -OCH3 is 1. The SMILES string of the molecule is COc1ccc(C(=O)Nc2ncc(Cc3ccc(Cl)cc3)s2)cc1. The van der Waals surface area contributed by atoms with Crippen molar-refractivity contribution >= 4 is 34.0 Å². The molecule has 0 bridgehead atoms. The first-order chi connectivity index (χ1) is 11.6. The number of halogens is 1. The lowest BCUT2D eigenvalue weighted by Crippen LogP contribution is -2.11. The Morgan fingerprint density at radius 3 is 2.54 bits per heavy atom. The van der Waals surface area contributed by atoms with Gasteiger partial charge in [-0.2, -0.15) is 0 Å². The minimum absolute atomic E-state index is 0.190. The maximum atomic E-state index is 12.2. The number of carbonyl (C=O) groups excluding carboxylic acids is 1. The van der Waals surface area contributed by atoms with E-state index in [9.17, 15) is 4.79 Å². The van der Waals surface area contributed by atoms with E-state index in [0.717, 1.165) is 21.9 Å². The fourth-order valence-electron chi connectivity index (χ4n) is 2.16. The van der Waals surface area contributed by atoms with Crippen LogP contribution in [0.5, 0.6) is 5.75 Å². The number of aromatic nitrogens is 1. The summed E-state index contributed by atoms with van der Waals surface area (Å²) in [4.78, 5) is 17.6. The van der Waals surface area contributed by atoms with Gasteiger partial charge in [0.25, 0.3) is 5.91 Å². The van der Waals surface area contributed by atoms with Crippen molar-refractivity contribution in [1.82, 2.24) is 4.98 Å². The number of hydrogen-bond acceptors (Lipinski definition) is 4. The zero-order valence-corrected chi connectivity index (χ0v) is 14.5. The molecule has 4 nitrogen and oxygen atoms in total. The van der Waals surface area contributed by atoms with Gasteiger partial charge in [-0.15, -0.1) is 11.3 Å². The summed E-state index contributed by atoms with van der Waals surface area (Å²) in [5.41, 5.74) is 1.71. The molecular formula is C18H15ClN2O2S. The second-order valence-corrected chi connectivity index (χ2v) is 6.67.